The molecule has 0 bridgehead atoms. The van der Waals surface area contributed by atoms with E-state index < -0.39 is 17.9 Å². The molecule has 0 aromatic rings. The molecule has 3 N–H and O–H groups in total. The number of nitrogens with two attached hydrogens (primary N) is 1. The van der Waals surface area contributed by atoms with Gasteiger partial charge in [-0.2, -0.15) is 0 Å². The number of unbranched alkanes of at least 4 members (excludes halogenated alkanes) is 1. The largest absolute Gasteiger partial charge is 0.548 e. The number of amides is 1. The number of carbonyl (C=O) groups is 2. The number of nitrogens with zero attached hydrogens (tertiary/aromatic N) is 1. The fourth-order valence-corrected chi connectivity index (χ4v) is 1.44. The summed E-state index contributed by atoms with van der Waals surface area (Å²) in [5.74, 6) is -1.72. The topological polar surface area (TPSA) is 95.2 Å². The molecule has 1 amide bonds. The number of nitrogens with one attached hydrogen (secondary N) is 1. The first-order valence-corrected chi connectivity index (χ1v) is 5.77. The van der Waals surface area contributed by atoms with E-state index in [1.54, 1.807) is 0 Å². The van der Waals surface area contributed by atoms with Crippen molar-refractivity contribution in [3.8, 4) is 0 Å². The molecular weight excluding hydrogens is 222 g/mol. The van der Waals surface area contributed by atoms with Gasteiger partial charge in [0.1, 0.15) is 0 Å². The summed E-state index contributed by atoms with van der Waals surface area (Å²) in [4.78, 5) is 21.8. The molecule has 6 nitrogen and oxygen atoms in total. The summed E-state index contributed by atoms with van der Waals surface area (Å²) in [6.07, 6.45) is 2.03. The monoisotopic (exact) mass is 245 g/mol. The van der Waals surface area contributed by atoms with Crippen LogP contribution in [0.4, 0.5) is 0 Å². The van der Waals surface area contributed by atoms with Crippen molar-refractivity contribution in [2.24, 2.45) is 5.73 Å². The Morgan fingerprint density at radius 3 is 2.29 bits per heavy atom. The smallest absolute Gasteiger partial charge is 0.234 e. The second-order valence-corrected chi connectivity index (χ2v) is 5.15. The zero-order chi connectivity index (χ0) is 13.5. The number of rotatable bonds is 8. The van der Waals surface area contributed by atoms with E-state index in [0.717, 1.165) is 23.9 Å². The number of quaternary nitrogens is 1. The highest BCUT2D eigenvalue weighted by Gasteiger charge is 2.13. The van der Waals surface area contributed by atoms with E-state index in [-0.39, 0.29) is 6.54 Å². The Kier molecular flexibility index (Phi) is 6.75. The summed E-state index contributed by atoms with van der Waals surface area (Å²) in [7, 11) is 6.23. The van der Waals surface area contributed by atoms with E-state index in [9.17, 15) is 14.7 Å². The molecule has 0 fully saturated rings. The van der Waals surface area contributed by atoms with Crippen LogP contribution in [0, 0.1) is 0 Å². The van der Waals surface area contributed by atoms with Crippen LogP contribution in [-0.4, -0.2) is 56.6 Å². The number of carboxylic acids is 1. The first kappa shape index (κ1) is 15.9. The molecule has 0 aromatic carbocycles. The van der Waals surface area contributed by atoms with Gasteiger partial charge in [-0.3, -0.25) is 4.79 Å². The van der Waals surface area contributed by atoms with Gasteiger partial charge in [-0.25, -0.2) is 0 Å². The molecule has 0 saturated heterocycles. The van der Waals surface area contributed by atoms with Gasteiger partial charge >= 0.3 is 0 Å². The zero-order valence-electron chi connectivity index (χ0n) is 10.9. The molecule has 0 radical (unpaired) electrons. The Hall–Kier alpha value is -1.14. The molecular formula is C11H23N3O3. The van der Waals surface area contributed by atoms with Crippen LogP contribution in [0.1, 0.15) is 19.3 Å². The van der Waals surface area contributed by atoms with Gasteiger partial charge in [-0.05, 0) is 19.3 Å². The standard InChI is InChI=1S/C11H23N3O3/c1-14(2,3)7-5-4-6-9(11(16)17)13-10(15)8-12/h9H,4-8,12H2,1-3H3,(H-,13,15,16,17)/t9-/m0/s1. The van der Waals surface area contributed by atoms with E-state index in [4.69, 9.17) is 5.73 Å². The van der Waals surface area contributed by atoms with Gasteiger partial charge in [0.15, 0.2) is 0 Å². The van der Waals surface area contributed by atoms with Crippen molar-refractivity contribution >= 4 is 11.9 Å². The Balaban J connectivity index is 3.94. The second-order valence-electron chi connectivity index (χ2n) is 5.15. The normalized spacial score (nSPS) is 13.2. The first-order valence-electron chi connectivity index (χ1n) is 5.77. The van der Waals surface area contributed by atoms with Crippen LogP contribution in [0.3, 0.4) is 0 Å². The average molecular weight is 245 g/mol. The van der Waals surface area contributed by atoms with Crippen LogP contribution in [0.25, 0.3) is 0 Å². The van der Waals surface area contributed by atoms with Crippen LogP contribution in [-0.2, 0) is 9.59 Å². The van der Waals surface area contributed by atoms with E-state index in [2.05, 4.69) is 26.5 Å². The minimum absolute atomic E-state index is 0.206. The lowest BCUT2D eigenvalue weighted by Crippen LogP contribution is -2.49. The minimum Gasteiger partial charge on any atom is -0.548 e. The molecule has 6 heteroatoms. The SMILES string of the molecule is C[N+](C)(C)CCCC[C@H](NC(=O)CN)C(=O)[O-]. The minimum atomic E-state index is -1.25. The third kappa shape index (κ3) is 8.65. The molecule has 100 valence electrons. The second kappa shape index (κ2) is 7.24. The van der Waals surface area contributed by atoms with Gasteiger partial charge in [-0.15, -0.1) is 0 Å². The Morgan fingerprint density at radius 1 is 1.29 bits per heavy atom. The maximum Gasteiger partial charge on any atom is 0.234 e. The van der Waals surface area contributed by atoms with Gasteiger partial charge in [0.25, 0.3) is 0 Å². The van der Waals surface area contributed by atoms with Gasteiger partial charge in [0.05, 0.1) is 46.2 Å². The third-order valence-electron chi connectivity index (χ3n) is 2.38. The lowest BCUT2D eigenvalue weighted by Gasteiger charge is -2.24. The van der Waals surface area contributed by atoms with Gasteiger partial charge in [0.2, 0.25) is 5.91 Å². The lowest BCUT2D eigenvalue weighted by atomic mass is 10.1. The number of aliphatic carboxylic acids is 1. The zero-order valence-corrected chi connectivity index (χ0v) is 10.9. The van der Waals surface area contributed by atoms with Crippen LogP contribution in [0.2, 0.25) is 0 Å². The molecule has 0 aliphatic heterocycles. The molecule has 0 unspecified atom stereocenters. The maximum absolute atomic E-state index is 11.0. The average Bonchev–Trinajstić information content (AvgIpc) is 2.20. The van der Waals surface area contributed by atoms with Crippen LogP contribution in [0.5, 0.6) is 0 Å². The summed E-state index contributed by atoms with van der Waals surface area (Å²) in [5.41, 5.74) is 5.10. The summed E-state index contributed by atoms with van der Waals surface area (Å²) in [5, 5.41) is 13.1. The Morgan fingerprint density at radius 2 is 1.88 bits per heavy atom. The number of hydrogen-bond acceptors (Lipinski definition) is 4. The molecule has 0 heterocycles. The summed E-state index contributed by atoms with van der Waals surface area (Å²) in [6, 6.07) is -0.932. The Labute approximate surface area is 102 Å². The summed E-state index contributed by atoms with van der Waals surface area (Å²) in [6.45, 7) is 0.757. The molecule has 17 heavy (non-hydrogen) atoms. The molecule has 0 aromatic heterocycles. The van der Waals surface area contributed by atoms with Crippen molar-refractivity contribution in [2.75, 3.05) is 34.2 Å². The van der Waals surface area contributed by atoms with Crippen molar-refractivity contribution in [3.63, 3.8) is 0 Å². The number of carbonyl (C=O) groups excluding carboxylic acids is 2. The quantitative estimate of drug-likeness (QED) is 0.384. The number of hydrogen-bond donors (Lipinski definition) is 2. The maximum atomic E-state index is 11.0. The van der Waals surface area contributed by atoms with Crippen molar-refractivity contribution in [1.29, 1.82) is 0 Å². The molecule has 0 saturated carbocycles. The first-order chi connectivity index (χ1) is 7.76. The van der Waals surface area contributed by atoms with E-state index in [1.807, 2.05) is 0 Å². The van der Waals surface area contributed by atoms with E-state index >= 15 is 0 Å². The predicted octanol–water partition coefficient (Wildman–Crippen LogP) is -1.94. The predicted molar refractivity (Wildman–Crippen MR) is 62.7 cm³/mol. The van der Waals surface area contributed by atoms with Gasteiger partial charge < -0.3 is 25.4 Å². The molecule has 0 aliphatic carbocycles. The highest BCUT2D eigenvalue weighted by atomic mass is 16.4. The summed E-state index contributed by atoms with van der Waals surface area (Å²) < 4.78 is 0.838. The molecule has 0 rings (SSSR count). The highest BCUT2D eigenvalue weighted by Crippen LogP contribution is 2.03. The number of carboxylic acid groups (broad SMARTS) is 1. The molecule has 0 spiro atoms. The third-order valence-corrected chi connectivity index (χ3v) is 2.38. The van der Waals surface area contributed by atoms with Crippen LogP contribution in [0.15, 0.2) is 0 Å². The van der Waals surface area contributed by atoms with Gasteiger partial charge in [-0.1, -0.05) is 0 Å². The fraction of sp³-hybridized carbons (Fsp3) is 0.818. The van der Waals surface area contributed by atoms with Gasteiger partial charge in [0, 0.05) is 0 Å². The molecule has 1 atom stereocenters. The van der Waals surface area contributed by atoms with Crippen molar-refractivity contribution in [2.45, 2.75) is 25.3 Å². The highest BCUT2D eigenvalue weighted by molar-refractivity contribution is 5.83. The van der Waals surface area contributed by atoms with Crippen LogP contribution < -0.4 is 16.2 Å². The van der Waals surface area contributed by atoms with Crippen molar-refractivity contribution in [1.82, 2.24) is 5.32 Å². The van der Waals surface area contributed by atoms with Crippen molar-refractivity contribution in [3.05, 3.63) is 0 Å². The van der Waals surface area contributed by atoms with E-state index in [1.165, 1.54) is 0 Å². The van der Waals surface area contributed by atoms with Crippen LogP contribution >= 0.6 is 0 Å². The Bertz CT molecular complexity index is 261. The lowest BCUT2D eigenvalue weighted by molar-refractivity contribution is -0.870. The summed E-state index contributed by atoms with van der Waals surface area (Å²) >= 11 is 0. The fourth-order valence-electron chi connectivity index (χ4n) is 1.44. The molecule has 0 aliphatic rings. The van der Waals surface area contributed by atoms with E-state index in [0.29, 0.717) is 6.42 Å². The van der Waals surface area contributed by atoms with Crippen molar-refractivity contribution < 1.29 is 19.2 Å².